The average Bonchev–Trinajstić information content (AvgIpc) is 2.29. The van der Waals surface area contributed by atoms with Gasteiger partial charge in [0.1, 0.15) is 0 Å². The van der Waals surface area contributed by atoms with Gasteiger partial charge in [0, 0.05) is 6.61 Å². The maximum absolute atomic E-state index is 11.8. The van der Waals surface area contributed by atoms with Crippen molar-refractivity contribution in [1.82, 2.24) is 0 Å². The summed E-state index contributed by atoms with van der Waals surface area (Å²) in [5.41, 5.74) is 0.575. The van der Waals surface area contributed by atoms with Gasteiger partial charge in [-0.3, -0.25) is 4.79 Å². The van der Waals surface area contributed by atoms with E-state index in [1.54, 1.807) is 6.92 Å². The van der Waals surface area contributed by atoms with Crippen molar-refractivity contribution in [2.45, 2.75) is 18.2 Å². The molecule has 0 unspecified atom stereocenters. The molecule has 1 N–H and O–H groups in total. The maximum Gasteiger partial charge on any atom is 0.307 e. The Morgan fingerprint density at radius 1 is 1.28 bits per heavy atom. The molecule has 5 nitrogen and oxygen atoms in total. The average molecular weight is 272 g/mol. The van der Waals surface area contributed by atoms with Crippen LogP contribution < -0.4 is 0 Å². The second kappa shape index (κ2) is 6.51. The minimum absolute atomic E-state index is 0.0703. The van der Waals surface area contributed by atoms with E-state index in [1.165, 1.54) is 24.3 Å². The normalized spacial score (nSPS) is 11.4. The molecule has 1 aromatic carbocycles. The van der Waals surface area contributed by atoms with E-state index in [0.29, 0.717) is 12.2 Å². The first-order valence-corrected chi connectivity index (χ1v) is 7.22. The summed E-state index contributed by atoms with van der Waals surface area (Å²) >= 11 is 0. The van der Waals surface area contributed by atoms with Crippen molar-refractivity contribution >= 4 is 15.8 Å². The van der Waals surface area contributed by atoms with Crippen LogP contribution in [0.15, 0.2) is 29.2 Å². The summed E-state index contributed by atoms with van der Waals surface area (Å²) in [6.45, 7) is 2.44. The lowest BCUT2D eigenvalue weighted by Gasteiger charge is -2.05. The number of ether oxygens (including phenoxy) is 1. The van der Waals surface area contributed by atoms with Crippen molar-refractivity contribution in [3.63, 3.8) is 0 Å². The molecule has 0 fully saturated rings. The molecule has 0 saturated carbocycles. The van der Waals surface area contributed by atoms with E-state index in [4.69, 9.17) is 9.84 Å². The molecule has 0 saturated heterocycles. The molecule has 1 aromatic rings. The number of sulfone groups is 1. The van der Waals surface area contributed by atoms with Gasteiger partial charge in [0.15, 0.2) is 9.84 Å². The third-order valence-electron chi connectivity index (χ3n) is 2.34. The Kier molecular flexibility index (Phi) is 5.30. The van der Waals surface area contributed by atoms with Gasteiger partial charge in [0.05, 0.1) is 23.7 Å². The van der Waals surface area contributed by atoms with E-state index in [-0.39, 0.29) is 23.7 Å². The molecule has 6 heteroatoms. The zero-order valence-corrected chi connectivity index (χ0v) is 10.9. The maximum atomic E-state index is 11.8. The molecule has 0 aromatic heterocycles. The monoisotopic (exact) mass is 272 g/mol. The highest BCUT2D eigenvalue weighted by atomic mass is 32.2. The Morgan fingerprint density at radius 2 is 1.89 bits per heavy atom. The number of aliphatic carboxylic acids is 1. The molecule has 100 valence electrons. The Bertz CT molecular complexity index is 490. The number of hydrogen-bond acceptors (Lipinski definition) is 4. The van der Waals surface area contributed by atoms with Crippen LogP contribution in [0, 0.1) is 0 Å². The second-order valence-corrected chi connectivity index (χ2v) is 5.84. The molecule has 0 aliphatic carbocycles. The van der Waals surface area contributed by atoms with E-state index in [9.17, 15) is 13.2 Å². The van der Waals surface area contributed by atoms with Gasteiger partial charge in [-0.15, -0.1) is 0 Å². The summed E-state index contributed by atoms with van der Waals surface area (Å²) in [5, 5.41) is 8.60. The number of benzene rings is 1. The van der Waals surface area contributed by atoms with Gasteiger partial charge in [0.2, 0.25) is 0 Å². The van der Waals surface area contributed by atoms with Crippen LogP contribution in [-0.4, -0.2) is 38.5 Å². The lowest BCUT2D eigenvalue weighted by atomic mass is 10.2. The highest BCUT2D eigenvalue weighted by molar-refractivity contribution is 7.91. The largest absolute Gasteiger partial charge is 0.481 e. The quantitative estimate of drug-likeness (QED) is 0.752. The Morgan fingerprint density at radius 3 is 2.39 bits per heavy atom. The predicted octanol–water partition coefficient (Wildman–Crippen LogP) is 1.12. The van der Waals surface area contributed by atoms with Crippen LogP contribution in [0.1, 0.15) is 12.5 Å². The fraction of sp³-hybridized carbons (Fsp3) is 0.417. The van der Waals surface area contributed by atoms with Crippen LogP contribution in [0.3, 0.4) is 0 Å². The van der Waals surface area contributed by atoms with E-state index < -0.39 is 15.8 Å². The molecule has 18 heavy (non-hydrogen) atoms. The number of rotatable bonds is 7. The van der Waals surface area contributed by atoms with Gasteiger partial charge < -0.3 is 9.84 Å². The predicted molar refractivity (Wildman–Crippen MR) is 66.3 cm³/mol. The molecule has 1 rings (SSSR count). The Labute approximate surface area is 106 Å². The van der Waals surface area contributed by atoms with Crippen LogP contribution in [0.2, 0.25) is 0 Å². The smallest absolute Gasteiger partial charge is 0.307 e. The zero-order valence-electron chi connectivity index (χ0n) is 10.1. The summed E-state index contributed by atoms with van der Waals surface area (Å²) in [4.78, 5) is 10.7. The summed E-state index contributed by atoms with van der Waals surface area (Å²) in [6.07, 6.45) is -0.112. The van der Waals surface area contributed by atoms with Gasteiger partial charge in [0.25, 0.3) is 0 Å². The molecule has 0 atom stereocenters. The van der Waals surface area contributed by atoms with E-state index >= 15 is 0 Å². The highest BCUT2D eigenvalue weighted by Crippen LogP contribution is 2.13. The fourth-order valence-electron chi connectivity index (χ4n) is 1.42. The molecule has 0 aliphatic rings. The first kappa shape index (κ1) is 14.7. The number of carboxylic acid groups (broad SMARTS) is 1. The summed E-state index contributed by atoms with van der Waals surface area (Å²) in [7, 11) is -3.35. The second-order valence-electron chi connectivity index (χ2n) is 3.73. The summed E-state index contributed by atoms with van der Waals surface area (Å²) in [5.74, 6) is -1.01. The third kappa shape index (κ3) is 4.46. The minimum Gasteiger partial charge on any atom is -0.481 e. The molecule has 0 heterocycles. The van der Waals surface area contributed by atoms with Gasteiger partial charge in [-0.05, 0) is 24.6 Å². The van der Waals surface area contributed by atoms with Crippen LogP contribution >= 0.6 is 0 Å². The van der Waals surface area contributed by atoms with Crippen LogP contribution in [-0.2, 0) is 25.8 Å². The van der Waals surface area contributed by atoms with Crippen molar-refractivity contribution in [2.75, 3.05) is 19.0 Å². The van der Waals surface area contributed by atoms with Crippen molar-refractivity contribution in [2.24, 2.45) is 0 Å². The SMILES string of the molecule is CCOCCS(=O)(=O)c1ccc(CC(=O)O)cc1. The Balaban J connectivity index is 2.74. The lowest BCUT2D eigenvalue weighted by molar-refractivity contribution is -0.136. The van der Waals surface area contributed by atoms with Crippen molar-refractivity contribution in [3.05, 3.63) is 29.8 Å². The number of hydrogen-bond donors (Lipinski definition) is 1. The van der Waals surface area contributed by atoms with Crippen LogP contribution in [0.25, 0.3) is 0 Å². The van der Waals surface area contributed by atoms with E-state index in [1.807, 2.05) is 0 Å². The van der Waals surface area contributed by atoms with Gasteiger partial charge >= 0.3 is 5.97 Å². The molecule has 0 spiro atoms. The van der Waals surface area contributed by atoms with E-state index in [2.05, 4.69) is 0 Å². The standard InChI is InChI=1S/C12H16O5S/c1-2-17-7-8-18(15,16)11-5-3-10(4-6-11)9-12(13)14/h3-6H,2,7-9H2,1H3,(H,13,14). The summed E-state index contributed by atoms with van der Waals surface area (Å²) < 4.78 is 28.7. The van der Waals surface area contributed by atoms with Gasteiger partial charge in [-0.1, -0.05) is 12.1 Å². The van der Waals surface area contributed by atoms with Crippen molar-refractivity contribution in [3.8, 4) is 0 Å². The molecular weight excluding hydrogens is 256 g/mol. The molecule has 0 aliphatic heterocycles. The van der Waals surface area contributed by atoms with Crippen LogP contribution in [0.5, 0.6) is 0 Å². The first-order chi connectivity index (χ1) is 8.45. The third-order valence-corrected chi connectivity index (χ3v) is 4.03. The minimum atomic E-state index is -3.35. The van der Waals surface area contributed by atoms with Gasteiger partial charge in [-0.25, -0.2) is 8.42 Å². The first-order valence-electron chi connectivity index (χ1n) is 5.57. The number of carboxylic acids is 1. The lowest BCUT2D eigenvalue weighted by Crippen LogP contribution is -2.12. The topological polar surface area (TPSA) is 80.7 Å². The Hall–Kier alpha value is -1.40. The van der Waals surface area contributed by atoms with Crippen LogP contribution in [0.4, 0.5) is 0 Å². The molecule has 0 bridgehead atoms. The molecule has 0 amide bonds. The highest BCUT2D eigenvalue weighted by Gasteiger charge is 2.14. The molecular formula is C12H16O5S. The number of carbonyl (C=O) groups is 1. The van der Waals surface area contributed by atoms with Gasteiger partial charge in [-0.2, -0.15) is 0 Å². The summed E-state index contributed by atoms with van der Waals surface area (Å²) in [6, 6.07) is 5.89. The van der Waals surface area contributed by atoms with E-state index in [0.717, 1.165) is 0 Å². The molecule has 0 radical (unpaired) electrons. The zero-order chi connectivity index (χ0) is 13.6. The fourth-order valence-corrected chi connectivity index (χ4v) is 2.54. The van der Waals surface area contributed by atoms with Crippen molar-refractivity contribution < 1.29 is 23.1 Å². The van der Waals surface area contributed by atoms with Crippen molar-refractivity contribution in [1.29, 1.82) is 0 Å².